The van der Waals surface area contributed by atoms with Crippen molar-refractivity contribution in [2.75, 3.05) is 31.1 Å². The molecule has 1 fully saturated rings. The molecule has 2 rings (SSSR count). The first-order valence-electron chi connectivity index (χ1n) is 6.15. The van der Waals surface area contributed by atoms with Crippen molar-refractivity contribution < 1.29 is 22.9 Å². The van der Waals surface area contributed by atoms with Crippen molar-refractivity contribution in [1.82, 2.24) is 4.90 Å². The number of nitro groups is 1. The number of alkyl halides is 3. The zero-order valence-electron chi connectivity index (χ0n) is 10.8. The van der Waals surface area contributed by atoms with E-state index < -0.39 is 17.0 Å². The Morgan fingerprint density at radius 1 is 1.14 bits per heavy atom. The molecule has 1 aliphatic heterocycles. The fourth-order valence-corrected chi connectivity index (χ4v) is 2.22. The van der Waals surface area contributed by atoms with Crippen LogP contribution in [0, 0.1) is 10.1 Å². The van der Waals surface area contributed by atoms with Crippen LogP contribution < -0.4 is 4.90 Å². The summed E-state index contributed by atoms with van der Waals surface area (Å²) in [5, 5.41) is 10.9. The summed E-state index contributed by atoms with van der Waals surface area (Å²) in [5.74, 6) is -1.87. The van der Waals surface area contributed by atoms with E-state index in [9.17, 15) is 28.1 Å². The quantitative estimate of drug-likeness (QED) is 0.617. The third-order valence-electron chi connectivity index (χ3n) is 3.23. The number of carbonyl (C=O) groups excluding carboxylic acids is 1. The molecule has 0 bridgehead atoms. The Labute approximate surface area is 117 Å². The summed E-state index contributed by atoms with van der Waals surface area (Å²) in [5.41, 5.74) is 0.245. The van der Waals surface area contributed by atoms with E-state index in [1.165, 1.54) is 12.1 Å². The third-order valence-corrected chi connectivity index (χ3v) is 3.23. The molecule has 0 N–H and O–H groups in total. The molecule has 114 valence electrons. The molecule has 1 aromatic rings. The molecule has 0 unspecified atom stereocenters. The fourth-order valence-electron chi connectivity index (χ4n) is 2.22. The number of hydrogen-bond acceptors (Lipinski definition) is 4. The van der Waals surface area contributed by atoms with Crippen molar-refractivity contribution in [2.45, 2.75) is 6.18 Å². The van der Waals surface area contributed by atoms with Gasteiger partial charge in [0.2, 0.25) is 0 Å². The van der Waals surface area contributed by atoms with Crippen LogP contribution in [0.2, 0.25) is 0 Å². The van der Waals surface area contributed by atoms with Crippen LogP contribution in [-0.4, -0.2) is 48.1 Å². The number of hydrogen-bond donors (Lipinski definition) is 0. The molecule has 1 saturated heterocycles. The highest BCUT2D eigenvalue weighted by Gasteiger charge is 2.43. The smallest absolute Gasteiger partial charge is 0.362 e. The van der Waals surface area contributed by atoms with Gasteiger partial charge in [-0.05, 0) is 6.07 Å². The lowest BCUT2D eigenvalue weighted by molar-refractivity contribution is -0.384. The molecule has 6 nitrogen and oxygen atoms in total. The molecule has 1 amide bonds. The van der Waals surface area contributed by atoms with Gasteiger partial charge in [0.05, 0.1) is 4.92 Å². The van der Waals surface area contributed by atoms with Crippen molar-refractivity contribution in [1.29, 1.82) is 0 Å². The molecule has 0 aromatic heterocycles. The molecular weight excluding hydrogens is 291 g/mol. The Morgan fingerprint density at radius 3 is 2.24 bits per heavy atom. The minimum atomic E-state index is -4.89. The Morgan fingerprint density at radius 2 is 1.71 bits per heavy atom. The lowest BCUT2D eigenvalue weighted by Crippen LogP contribution is -2.52. The topological polar surface area (TPSA) is 66.7 Å². The van der Waals surface area contributed by atoms with Gasteiger partial charge >= 0.3 is 12.1 Å². The van der Waals surface area contributed by atoms with Crippen molar-refractivity contribution in [3.63, 3.8) is 0 Å². The fraction of sp³-hybridized carbons (Fsp3) is 0.417. The molecule has 1 aliphatic rings. The van der Waals surface area contributed by atoms with Crippen LogP contribution in [0.3, 0.4) is 0 Å². The van der Waals surface area contributed by atoms with E-state index in [1.54, 1.807) is 17.0 Å². The monoisotopic (exact) mass is 303 g/mol. The number of benzene rings is 1. The maximum atomic E-state index is 12.3. The van der Waals surface area contributed by atoms with Crippen LogP contribution in [0.4, 0.5) is 24.5 Å². The van der Waals surface area contributed by atoms with Gasteiger partial charge in [0, 0.05) is 32.2 Å². The second kappa shape index (κ2) is 5.58. The maximum absolute atomic E-state index is 12.3. The van der Waals surface area contributed by atoms with Gasteiger partial charge in [-0.2, -0.15) is 13.2 Å². The molecular formula is C12H12F3N3O3. The van der Waals surface area contributed by atoms with Crippen LogP contribution in [-0.2, 0) is 4.79 Å². The minimum absolute atomic E-state index is 0.104. The standard InChI is InChI=1S/C12H12F3N3O3/c13-12(14,15)11(19)17-7-5-16(6-8-17)9-3-1-2-4-10(9)18(20)21/h1-4H,5-8H2. The highest BCUT2D eigenvalue weighted by atomic mass is 19.4. The summed E-state index contributed by atoms with van der Waals surface area (Å²) >= 11 is 0. The number of amides is 1. The van der Waals surface area contributed by atoms with Gasteiger partial charge in [-0.25, -0.2) is 0 Å². The molecule has 0 aliphatic carbocycles. The van der Waals surface area contributed by atoms with E-state index >= 15 is 0 Å². The summed E-state index contributed by atoms with van der Waals surface area (Å²) in [6.07, 6.45) is -4.89. The number of carbonyl (C=O) groups is 1. The summed E-state index contributed by atoms with van der Waals surface area (Å²) in [4.78, 5) is 23.8. The largest absolute Gasteiger partial charge is 0.471 e. The highest BCUT2D eigenvalue weighted by molar-refractivity contribution is 5.82. The Hall–Kier alpha value is -2.32. The van der Waals surface area contributed by atoms with Crippen LogP contribution in [0.15, 0.2) is 24.3 Å². The van der Waals surface area contributed by atoms with E-state index in [0.29, 0.717) is 10.6 Å². The molecule has 21 heavy (non-hydrogen) atoms. The zero-order chi connectivity index (χ0) is 15.6. The Kier molecular flexibility index (Phi) is 4.01. The molecule has 9 heteroatoms. The van der Waals surface area contributed by atoms with E-state index in [4.69, 9.17) is 0 Å². The van der Waals surface area contributed by atoms with Crippen molar-refractivity contribution >= 4 is 17.3 Å². The molecule has 0 spiro atoms. The van der Waals surface area contributed by atoms with Gasteiger partial charge in [0.1, 0.15) is 5.69 Å². The lowest BCUT2D eigenvalue weighted by Gasteiger charge is -2.35. The van der Waals surface area contributed by atoms with Gasteiger partial charge < -0.3 is 9.80 Å². The third kappa shape index (κ3) is 3.23. The normalized spacial score (nSPS) is 16.0. The van der Waals surface area contributed by atoms with Crippen LogP contribution in [0.5, 0.6) is 0 Å². The highest BCUT2D eigenvalue weighted by Crippen LogP contribution is 2.29. The molecule has 0 radical (unpaired) electrons. The number of anilines is 1. The van der Waals surface area contributed by atoms with E-state index in [1.807, 2.05) is 0 Å². The number of halogens is 3. The summed E-state index contributed by atoms with van der Waals surface area (Å²) < 4.78 is 37.0. The number of nitro benzene ring substituents is 1. The van der Waals surface area contributed by atoms with Crippen molar-refractivity contribution in [3.8, 4) is 0 Å². The van der Waals surface area contributed by atoms with Crippen molar-refractivity contribution in [2.24, 2.45) is 0 Å². The number of nitrogens with zero attached hydrogens (tertiary/aromatic N) is 3. The minimum Gasteiger partial charge on any atom is -0.362 e. The second-order valence-electron chi connectivity index (χ2n) is 4.52. The van der Waals surface area contributed by atoms with Gasteiger partial charge in [0.25, 0.3) is 5.69 Å². The first-order valence-corrected chi connectivity index (χ1v) is 6.15. The Balaban J connectivity index is 2.09. The van der Waals surface area contributed by atoms with Gasteiger partial charge in [-0.3, -0.25) is 14.9 Å². The second-order valence-corrected chi connectivity index (χ2v) is 4.52. The SMILES string of the molecule is O=C(N1CCN(c2ccccc2[N+](=O)[O-])CC1)C(F)(F)F. The van der Waals surface area contributed by atoms with Crippen molar-refractivity contribution in [3.05, 3.63) is 34.4 Å². The summed E-state index contributed by atoms with van der Waals surface area (Å²) in [6.45, 7) is -0.00582. The molecule has 1 heterocycles. The van der Waals surface area contributed by atoms with E-state index in [-0.39, 0.29) is 31.9 Å². The number of para-hydroxylation sites is 2. The molecule has 0 atom stereocenters. The lowest BCUT2D eigenvalue weighted by atomic mass is 10.2. The van der Waals surface area contributed by atoms with Gasteiger partial charge in [0.15, 0.2) is 0 Å². The summed E-state index contributed by atoms with van der Waals surface area (Å²) in [6, 6.07) is 6.02. The average molecular weight is 303 g/mol. The number of piperazine rings is 1. The maximum Gasteiger partial charge on any atom is 0.471 e. The number of rotatable bonds is 2. The molecule has 0 saturated carbocycles. The predicted octanol–water partition coefficient (Wildman–Crippen LogP) is 1.81. The Bertz CT molecular complexity index is 554. The van der Waals surface area contributed by atoms with Crippen LogP contribution >= 0.6 is 0 Å². The average Bonchev–Trinajstić information content (AvgIpc) is 2.45. The summed E-state index contributed by atoms with van der Waals surface area (Å²) in [7, 11) is 0. The van der Waals surface area contributed by atoms with Gasteiger partial charge in [-0.15, -0.1) is 0 Å². The predicted molar refractivity (Wildman–Crippen MR) is 67.9 cm³/mol. The van der Waals surface area contributed by atoms with Gasteiger partial charge in [-0.1, -0.05) is 12.1 Å². The van der Waals surface area contributed by atoms with Crippen LogP contribution in [0.25, 0.3) is 0 Å². The van der Waals surface area contributed by atoms with E-state index in [2.05, 4.69) is 0 Å². The zero-order valence-corrected chi connectivity index (χ0v) is 10.8. The molecule has 1 aromatic carbocycles. The first kappa shape index (κ1) is 15.1. The van der Waals surface area contributed by atoms with Crippen LogP contribution in [0.1, 0.15) is 0 Å². The van der Waals surface area contributed by atoms with E-state index in [0.717, 1.165) is 0 Å². The first-order chi connectivity index (χ1) is 9.80.